The Morgan fingerprint density at radius 1 is 1.04 bits per heavy atom. The molecule has 2 aromatic heterocycles. The smallest absolute Gasteiger partial charge is 0.124 e. The van der Waals surface area contributed by atoms with Crippen molar-refractivity contribution in [3.05, 3.63) is 48.3 Å². The summed E-state index contributed by atoms with van der Waals surface area (Å²) in [5.74, 6) is 1.09. The van der Waals surface area contributed by atoms with E-state index in [1.54, 1.807) is 11.3 Å². The van der Waals surface area contributed by atoms with Crippen molar-refractivity contribution < 1.29 is 4.74 Å². The van der Waals surface area contributed by atoms with E-state index in [0.717, 1.165) is 53.5 Å². The highest BCUT2D eigenvalue weighted by Crippen LogP contribution is 2.33. The molecule has 126 valence electrons. The zero-order chi connectivity index (χ0) is 16.8. The molecule has 5 rings (SSSR count). The molecule has 0 radical (unpaired) electrons. The van der Waals surface area contributed by atoms with Gasteiger partial charge in [0.1, 0.15) is 10.8 Å². The van der Waals surface area contributed by atoms with Gasteiger partial charge in [-0.05, 0) is 50.1 Å². The Kier molecular flexibility index (Phi) is 3.57. The van der Waals surface area contributed by atoms with E-state index in [2.05, 4.69) is 47.9 Å². The largest absolute Gasteiger partial charge is 0.381 e. The first-order valence-electron chi connectivity index (χ1n) is 8.72. The summed E-state index contributed by atoms with van der Waals surface area (Å²) in [5.41, 5.74) is 4.48. The van der Waals surface area contributed by atoms with Gasteiger partial charge in [0, 0.05) is 24.8 Å². The van der Waals surface area contributed by atoms with Gasteiger partial charge in [-0.15, -0.1) is 11.3 Å². The third-order valence-corrected chi connectivity index (χ3v) is 6.05. The Balaban J connectivity index is 1.60. The fourth-order valence-electron chi connectivity index (χ4n) is 3.75. The van der Waals surface area contributed by atoms with Crippen LogP contribution >= 0.6 is 11.3 Å². The Labute approximate surface area is 150 Å². The second-order valence-corrected chi connectivity index (χ2v) is 7.59. The normalized spacial score (nSPS) is 16.0. The summed E-state index contributed by atoms with van der Waals surface area (Å²) in [4.78, 5) is 9.60. The lowest BCUT2D eigenvalue weighted by Gasteiger charge is -2.25. The van der Waals surface area contributed by atoms with Crippen molar-refractivity contribution in [3.63, 3.8) is 0 Å². The summed E-state index contributed by atoms with van der Waals surface area (Å²) in [6, 6.07) is 15.3. The Morgan fingerprint density at radius 3 is 2.72 bits per heavy atom. The van der Waals surface area contributed by atoms with E-state index in [1.165, 1.54) is 10.2 Å². The fourth-order valence-corrected chi connectivity index (χ4v) is 4.71. The summed E-state index contributed by atoms with van der Waals surface area (Å²) >= 11 is 1.74. The van der Waals surface area contributed by atoms with E-state index in [1.807, 2.05) is 6.07 Å². The van der Waals surface area contributed by atoms with Crippen LogP contribution in [0, 0.1) is 6.92 Å². The van der Waals surface area contributed by atoms with Gasteiger partial charge in [-0.25, -0.2) is 9.97 Å². The van der Waals surface area contributed by atoms with Crippen LogP contribution in [0.2, 0.25) is 0 Å². The number of ether oxygens (including phenoxy) is 1. The molecule has 0 atom stereocenters. The van der Waals surface area contributed by atoms with E-state index >= 15 is 0 Å². The molecule has 1 aliphatic rings. The van der Waals surface area contributed by atoms with E-state index in [4.69, 9.17) is 14.7 Å². The lowest BCUT2D eigenvalue weighted by Crippen LogP contribution is -2.20. The molecule has 1 fully saturated rings. The van der Waals surface area contributed by atoms with Gasteiger partial charge < -0.3 is 9.30 Å². The predicted octanol–water partition coefficient (Wildman–Crippen LogP) is 4.97. The average Bonchev–Trinajstić information content (AvgIpc) is 3.21. The first-order chi connectivity index (χ1) is 12.3. The highest BCUT2D eigenvalue weighted by molar-refractivity contribution is 7.21. The summed E-state index contributed by atoms with van der Waals surface area (Å²) in [7, 11) is 0. The molecule has 25 heavy (non-hydrogen) atoms. The monoisotopic (exact) mass is 349 g/mol. The molecule has 0 aliphatic carbocycles. The van der Waals surface area contributed by atoms with E-state index in [-0.39, 0.29) is 0 Å². The van der Waals surface area contributed by atoms with Gasteiger partial charge in [-0.2, -0.15) is 0 Å². The number of thiazole rings is 1. The molecule has 4 aromatic rings. The number of hydrogen-bond donors (Lipinski definition) is 0. The minimum atomic E-state index is 0.493. The predicted molar refractivity (Wildman–Crippen MR) is 102 cm³/mol. The molecule has 0 amide bonds. The van der Waals surface area contributed by atoms with Crippen molar-refractivity contribution >= 4 is 32.6 Å². The van der Waals surface area contributed by atoms with Crippen LogP contribution in [0.4, 0.5) is 0 Å². The van der Waals surface area contributed by atoms with Gasteiger partial charge in [0.15, 0.2) is 0 Å². The minimum Gasteiger partial charge on any atom is -0.381 e. The molecule has 3 heterocycles. The molecule has 1 saturated heterocycles. The third kappa shape index (κ3) is 2.55. The summed E-state index contributed by atoms with van der Waals surface area (Å²) in [6.45, 7) is 3.79. The van der Waals surface area contributed by atoms with Gasteiger partial charge >= 0.3 is 0 Å². The topological polar surface area (TPSA) is 39.9 Å². The summed E-state index contributed by atoms with van der Waals surface area (Å²) in [6.07, 6.45) is 2.12. The number of hydrogen-bond acceptors (Lipinski definition) is 4. The molecule has 0 spiro atoms. The van der Waals surface area contributed by atoms with Crippen LogP contribution in [0.3, 0.4) is 0 Å². The van der Waals surface area contributed by atoms with Gasteiger partial charge in [0.2, 0.25) is 0 Å². The summed E-state index contributed by atoms with van der Waals surface area (Å²) in [5, 5.41) is 1.06. The van der Waals surface area contributed by atoms with Gasteiger partial charge in [0.25, 0.3) is 0 Å². The molecular weight excluding hydrogens is 330 g/mol. The van der Waals surface area contributed by atoms with E-state index in [0.29, 0.717) is 6.04 Å². The van der Waals surface area contributed by atoms with E-state index < -0.39 is 0 Å². The standard InChI is InChI=1S/C20H19N3OS/c1-13-21-17-12-14(20-22-16-4-2-3-5-19(16)25-20)6-7-18(17)23(13)15-8-10-24-11-9-15/h2-7,12,15H,8-11H2,1H3. The average molecular weight is 349 g/mol. The zero-order valence-electron chi connectivity index (χ0n) is 14.1. The number of nitrogens with zero attached hydrogens (tertiary/aromatic N) is 3. The maximum absolute atomic E-state index is 5.51. The molecule has 0 saturated carbocycles. The number of aryl methyl sites for hydroxylation is 1. The lowest BCUT2D eigenvalue weighted by molar-refractivity contribution is 0.0701. The van der Waals surface area contributed by atoms with Crippen molar-refractivity contribution in [2.24, 2.45) is 0 Å². The molecule has 4 nitrogen and oxygen atoms in total. The zero-order valence-corrected chi connectivity index (χ0v) is 14.9. The Hall–Kier alpha value is -2.24. The second kappa shape index (κ2) is 5.93. The quantitative estimate of drug-likeness (QED) is 0.513. The molecule has 1 aliphatic heterocycles. The van der Waals surface area contributed by atoms with Crippen LogP contribution in [0.15, 0.2) is 42.5 Å². The third-order valence-electron chi connectivity index (χ3n) is 4.96. The van der Waals surface area contributed by atoms with Crippen molar-refractivity contribution in [1.82, 2.24) is 14.5 Å². The Bertz CT molecular complexity index is 1030. The highest BCUT2D eigenvalue weighted by Gasteiger charge is 2.20. The second-order valence-electron chi connectivity index (χ2n) is 6.56. The maximum atomic E-state index is 5.51. The van der Waals surface area contributed by atoms with Crippen LogP contribution in [0.25, 0.3) is 31.8 Å². The van der Waals surface area contributed by atoms with Crippen LogP contribution in [-0.2, 0) is 4.74 Å². The molecule has 0 unspecified atom stereocenters. The number of rotatable bonds is 2. The minimum absolute atomic E-state index is 0.493. The molecule has 2 aromatic carbocycles. The fraction of sp³-hybridized carbons (Fsp3) is 0.300. The number of benzene rings is 2. The number of para-hydroxylation sites is 1. The van der Waals surface area contributed by atoms with E-state index in [9.17, 15) is 0 Å². The first-order valence-corrected chi connectivity index (χ1v) is 9.53. The van der Waals surface area contributed by atoms with Gasteiger partial charge in [-0.3, -0.25) is 0 Å². The Morgan fingerprint density at radius 2 is 1.88 bits per heavy atom. The SMILES string of the molecule is Cc1nc2cc(-c3nc4ccccc4s3)ccc2n1C1CCOCC1. The van der Waals surface area contributed by atoms with Crippen LogP contribution in [0.5, 0.6) is 0 Å². The maximum Gasteiger partial charge on any atom is 0.124 e. The molecule has 0 N–H and O–H groups in total. The van der Waals surface area contributed by atoms with Crippen molar-refractivity contribution in [1.29, 1.82) is 0 Å². The van der Waals surface area contributed by atoms with Crippen LogP contribution < -0.4 is 0 Å². The molecular formula is C20H19N3OS. The highest BCUT2D eigenvalue weighted by atomic mass is 32.1. The van der Waals surface area contributed by atoms with Crippen molar-refractivity contribution in [2.75, 3.05) is 13.2 Å². The number of imidazole rings is 1. The summed E-state index contributed by atoms with van der Waals surface area (Å²) < 4.78 is 9.13. The lowest BCUT2D eigenvalue weighted by atomic mass is 10.1. The van der Waals surface area contributed by atoms with Crippen LogP contribution in [-0.4, -0.2) is 27.7 Å². The molecule has 5 heteroatoms. The van der Waals surface area contributed by atoms with Crippen molar-refractivity contribution in [2.45, 2.75) is 25.8 Å². The number of fused-ring (bicyclic) bond motifs is 2. The molecule has 0 bridgehead atoms. The van der Waals surface area contributed by atoms with Crippen molar-refractivity contribution in [3.8, 4) is 10.6 Å². The van der Waals surface area contributed by atoms with Gasteiger partial charge in [0.05, 0.1) is 21.3 Å². The van der Waals surface area contributed by atoms with Gasteiger partial charge in [-0.1, -0.05) is 12.1 Å². The first kappa shape index (κ1) is 15.0. The number of aromatic nitrogens is 3. The van der Waals surface area contributed by atoms with Crippen LogP contribution in [0.1, 0.15) is 24.7 Å².